The van der Waals surface area contributed by atoms with Gasteiger partial charge < -0.3 is 15.7 Å². The third kappa shape index (κ3) is 3.30. The van der Waals surface area contributed by atoms with E-state index in [-0.39, 0.29) is 5.56 Å². The molecule has 29 heavy (non-hydrogen) atoms. The van der Waals surface area contributed by atoms with E-state index >= 15 is 0 Å². The number of allylic oxidation sites excluding steroid dienone is 2. The summed E-state index contributed by atoms with van der Waals surface area (Å²) in [6.07, 6.45) is 4.84. The monoisotopic (exact) mass is 403 g/mol. The molecule has 3 aromatic heterocycles. The van der Waals surface area contributed by atoms with Gasteiger partial charge in [-0.25, -0.2) is 9.67 Å². The number of rotatable bonds is 5. The Hall–Kier alpha value is -3.77. The van der Waals surface area contributed by atoms with E-state index in [0.717, 1.165) is 32.5 Å². The second-order valence-corrected chi connectivity index (χ2v) is 7.67. The molecule has 0 amide bonds. The lowest BCUT2D eigenvalue weighted by atomic mass is 10.1. The lowest BCUT2D eigenvalue weighted by Crippen LogP contribution is -2.24. The minimum Gasteiger partial charge on any atom is -0.402 e. The molecule has 9 heteroatoms. The molecular formula is C20H17N7OS. The molecule has 0 aliphatic rings. The summed E-state index contributed by atoms with van der Waals surface area (Å²) >= 11 is 1.48. The molecule has 1 aromatic carbocycles. The van der Waals surface area contributed by atoms with Gasteiger partial charge in [0.15, 0.2) is 5.65 Å². The van der Waals surface area contributed by atoms with E-state index in [1.807, 2.05) is 19.2 Å². The summed E-state index contributed by atoms with van der Waals surface area (Å²) in [5, 5.41) is 21.9. The number of fused-ring (bicyclic) bond motifs is 3. The van der Waals surface area contributed by atoms with E-state index in [1.165, 1.54) is 22.1 Å². The molecule has 8 nitrogen and oxygen atoms in total. The molecule has 4 aromatic rings. The van der Waals surface area contributed by atoms with E-state index in [2.05, 4.69) is 16.2 Å². The van der Waals surface area contributed by atoms with Gasteiger partial charge in [-0.1, -0.05) is 12.1 Å². The third-order valence-corrected chi connectivity index (χ3v) is 5.72. The maximum absolute atomic E-state index is 13.0. The molecule has 0 saturated carbocycles. The largest absolute Gasteiger partial charge is 0.402 e. The Kier molecular flexibility index (Phi) is 4.70. The van der Waals surface area contributed by atoms with Gasteiger partial charge in [0.2, 0.25) is 0 Å². The van der Waals surface area contributed by atoms with Crippen molar-refractivity contribution in [3.8, 4) is 6.07 Å². The van der Waals surface area contributed by atoms with Gasteiger partial charge in [-0.3, -0.25) is 4.79 Å². The molecule has 0 atom stereocenters. The second kappa shape index (κ2) is 7.33. The van der Waals surface area contributed by atoms with Crippen molar-refractivity contribution in [2.24, 2.45) is 12.8 Å². The molecule has 0 unspecified atom stereocenters. The first-order valence-electron chi connectivity index (χ1n) is 8.80. The Morgan fingerprint density at radius 2 is 2.14 bits per heavy atom. The Bertz CT molecular complexity index is 1370. The van der Waals surface area contributed by atoms with Crippen LogP contribution in [0, 0.1) is 16.7 Å². The van der Waals surface area contributed by atoms with Crippen molar-refractivity contribution >= 4 is 38.8 Å². The van der Waals surface area contributed by atoms with Crippen molar-refractivity contribution in [3.05, 3.63) is 68.7 Å². The molecule has 3 heterocycles. The van der Waals surface area contributed by atoms with Gasteiger partial charge in [0.05, 0.1) is 29.1 Å². The Labute approximate surface area is 169 Å². The van der Waals surface area contributed by atoms with Crippen molar-refractivity contribution in [2.45, 2.75) is 13.0 Å². The molecule has 0 aliphatic carbocycles. The first-order valence-corrected chi connectivity index (χ1v) is 9.61. The molecule has 4 rings (SSSR count). The maximum Gasteiger partial charge on any atom is 0.291 e. The molecule has 0 saturated heterocycles. The average molecular weight is 403 g/mol. The summed E-state index contributed by atoms with van der Waals surface area (Å²) in [6.45, 7) is 0.322. The summed E-state index contributed by atoms with van der Waals surface area (Å²) < 4.78 is 4.11. The van der Waals surface area contributed by atoms with Crippen molar-refractivity contribution in [1.29, 1.82) is 10.7 Å². The van der Waals surface area contributed by atoms with Gasteiger partial charge >= 0.3 is 0 Å². The number of aryl methyl sites for hydroxylation is 1. The minimum atomic E-state index is -0.190. The van der Waals surface area contributed by atoms with Crippen LogP contribution >= 0.6 is 11.3 Å². The molecule has 0 radical (unpaired) electrons. The number of nitrogens with zero attached hydrogens (tertiary/aromatic N) is 5. The predicted molar refractivity (Wildman–Crippen MR) is 113 cm³/mol. The summed E-state index contributed by atoms with van der Waals surface area (Å²) in [6, 6.07) is 9.17. The second-order valence-electron chi connectivity index (χ2n) is 6.58. The number of benzene rings is 1. The van der Waals surface area contributed by atoms with Crippen LogP contribution in [0.5, 0.6) is 0 Å². The predicted octanol–water partition coefficient (Wildman–Crippen LogP) is 2.30. The molecular weight excluding hydrogens is 386 g/mol. The highest BCUT2D eigenvalue weighted by molar-refractivity contribution is 7.19. The Morgan fingerprint density at radius 3 is 2.83 bits per heavy atom. The molecule has 0 aliphatic heterocycles. The molecule has 3 N–H and O–H groups in total. The summed E-state index contributed by atoms with van der Waals surface area (Å²) in [4.78, 5) is 17.7. The van der Waals surface area contributed by atoms with Crippen molar-refractivity contribution in [2.75, 3.05) is 0 Å². The van der Waals surface area contributed by atoms with E-state index < -0.39 is 0 Å². The molecule has 0 bridgehead atoms. The van der Waals surface area contributed by atoms with Crippen LogP contribution < -0.4 is 11.3 Å². The summed E-state index contributed by atoms with van der Waals surface area (Å²) in [7, 11) is 1.82. The van der Waals surface area contributed by atoms with E-state index in [0.29, 0.717) is 29.7 Å². The van der Waals surface area contributed by atoms with Gasteiger partial charge in [0.1, 0.15) is 10.5 Å². The lowest BCUT2D eigenvalue weighted by Gasteiger charge is -2.06. The Morgan fingerprint density at radius 1 is 1.38 bits per heavy atom. The van der Waals surface area contributed by atoms with Crippen molar-refractivity contribution in [3.63, 3.8) is 0 Å². The Balaban J connectivity index is 1.75. The lowest BCUT2D eigenvalue weighted by molar-refractivity contribution is 0.644. The number of hydrogen-bond donors (Lipinski definition) is 2. The highest BCUT2D eigenvalue weighted by Crippen LogP contribution is 2.31. The number of hydrogen-bond acceptors (Lipinski definition) is 7. The van der Waals surface area contributed by atoms with Gasteiger partial charge in [0.25, 0.3) is 5.56 Å². The van der Waals surface area contributed by atoms with Gasteiger partial charge in [0, 0.05) is 30.8 Å². The van der Waals surface area contributed by atoms with Gasteiger partial charge in [-0.15, -0.1) is 11.3 Å². The topological polar surface area (TPSA) is 126 Å². The van der Waals surface area contributed by atoms with E-state index in [1.54, 1.807) is 22.9 Å². The number of thiazole rings is 1. The van der Waals surface area contributed by atoms with Crippen LogP contribution in [0.1, 0.15) is 16.1 Å². The number of nitrogens with two attached hydrogens (primary N) is 1. The smallest absolute Gasteiger partial charge is 0.291 e. The first-order chi connectivity index (χ1) is 14.0. The SMILES string of the molecule is Cn1c2nc(CC(N)=CC=N)sc2c2cnn(Cc3ccc(C#N)cc3)c(=O)c21. The van der Waals surface area contributed by atoms with Crippen LogP contribution in [0.2, 0.25) is 0 Å². The third-order valence-electron chi connectivity index (χ3n) is 4.64. The van der Waals surface area contributed by atoms with Crippen LogP contribution in [-0.2, 0) is 20.0 Å². The zero-order valence-electron chi connectivity index (χ0n) is 15.6. The number of nitriles is 1. The fourth-order valence-electron chi connectivity index (χ4n) is 3.22. The summed E-state index contributed by atoms with van der Waals surface area (Å²) in [5.74, 6) is 0. The normalized spacial score (nSPS) is 11.8. The highest BCUT2D eigenvalue weighted by atomic mass is 32.1. The molecule has 0 fully saturated rings. The first kappa shape index (κ1) is 18.6. The van der Waals surface area contributed by atoms with Gasteiger partial charge in [-0.2, -0.15) is 10.4 Å². The van der Waals surface area contributed by atoms with Crippen molar-refractivity contribution in [1.82, 2.24) is 19.3 Å². The fraction of sp³-hybridized carbons (Fsp3) is 0.150. The van der Waals surface area contributed by atoms with Crippen LogP contribution in [0.3, 0.4) is 0 Å². The van der Waals surface area contributed by atoms with E-state index in [4.69, 9.17) is 16.4 Å². The zero-order valence-corrected chi connectivity index (χ0v) is 16.4. The van der Waals surface area contributed by atoms with Crippen LogP contribution in [-0.4, -0.2) is 25.5 Å². The van der Waals surface area contributed by atoms with E-state index in [9.17, 15) is 4.79 Å². The number of aromatic nitrogens is 4. The van der Waals surface area contributed by atoms with Crippen LogP contribution in [0.4, 0.5) is 0 Å². The zero-order chi connectivity index (χ0) is 20.5. The maximum atomic E-state index is 13.0. The summed E-state index contributed by atoms with van der Waals surface area (Å²) in [5.41, 5.74) is 8.99. The minimum absolute atomic E-state index is 0.190. The van der Waals surface area contributed by atoms with Crippen LogP contribution in [0.25, 0.3) is 21.3 Å². The van der Waals surface area contributed by atoms with Crippen molar-refractivity contribution < 1.29 is 0 Å². The average Bonchev–Trinajstić information content (AvgIpc) is 3.23. The molecule has 144 valence electrons. The standard InChI is InChI=1S/C20H17N7OS/c1-26-17-15(18-19(26)25-16(29-18)8-14(23)6-7-21)10-24-27(20(17)28)11-13-4-2-12(9-22)3-5-13/h2-7,10,21H,8,11,23H2,1H3. The highest BCUT2D eigenvalue weighted by Gasteiger charge is 2.18. The number of nitrogens with one attached hydrogen (secondary N) is 1. The fourth-order valence-corrected chi connectivity index (χ4v) is 4.36. The molecule has 0 spiro atoms. The van der Waals surface area contributed by atoms with Gasteiger partial charge in [-0.05, 0) is 23.8 Å². The quantitative estimate of drug-likeness (QED) is 0.494. The van der Waals surface area contributed by atoms with Crippen LogP contribution in [0.15, 0.2) is 47.0 Å².